The van der Waals surface area contributed by atoms with Crippen LogP contribution in [0.5, 0.6) is 5.75 Å². The van der Waals surface area contributed by atoms with Crippen LogP contribution < -0.4 is 4.74 Å². The van der Waals surface area contributed by atoms with Crippen molar-refractivity contribution in [3.8, 4) is 5.75 Å². The lowest BCUT2D eigenvalue weighted by Gasteiger charge is -2.08. The molecule has 30 heavy (non-hydrogen) atoms. The highest BCUT2D eigenvalue weighted by atomic mass is 32.2. The number of nitrogens with zero attached hydrogens (tertiary/aromatic N) is 2. The van der Waals surface area contributed by atoms with Gasteiger partial charge in [-0.2, -0.15) is 0 Å². The van der Waals surface area contributed by atoms with E-state index in [4.69, 9.17) is 9.15 Å². The van der Waals surface area contributed by atoms with Crippen molar-refractivity contribution in [3.05, 3.63) is 57.7 Å². The van der Waals surface area contributed by atoms with Gasteiger partial charge < -0.3 is 14.1 Å². The number of ether oxygens (including phenoxy) is 1. The molecule has 0 saturated carbocycles. The zero-order chi connectivity index (χ0) is 22.0. The minimum atomic E-state index is -0.463. The molecule has 0 aliphatic rings. The highest BCUT2D eigenvalue weighted by Gasteiger charge is 2.25. The van der Waals surface area contributed by atoms with Gasteiger partial charge in [-0.15, -0.1) is 10.2 Å². The van der Waals surface area contributed by atoms with Crippen LogP contribution >= 0.6 is 11.8 Å². The van der Waals surface area contributed by atoms with E-state index in [9.17, 15) is 9.59 Å². The maximum atomic E-state index is 12.9. The number of hydrogen-bond donors (Lipinski definition) is 1. The van der Waals surface area contributed by atoms with Gasteiger partial charge in [-0.05, 0) is 64.3 Å². The summed E-state index contributed by atoms with van der Waals surface area (Å²) in [5.41, 5.74) is 4.51. The summed E-state index contributed by atoms with van der Waals surface area (Å²) in [6, 6.07) is 5.97. The molecule has 0 spiro atoms. The quantitative estimate of drug-likeness (QED) is 0.408. The van der Waals surface area contributed by atoms with Crippen LogP contribution in [0.4, 0.5) is 0 Å². The van der Waals surface area contributed by atoms with Gasteiger partial charge in [0, 0.05) is 11.3 Å². The standard InChI is InChI=1S/C22H25N3O4S/c1-11-7-8-12(2)17(9-11)28-10-18-24-25-22(29-18)30-16(6)21(27)20-13(3)19(15(5)26)14(4)23-20/h7-9,16,23H,10H2,1-6H3. The third-order valence-corrected chi connectivity index (χ3v) is 5.76. The number of carbonyl (C=O) groups excluding carboxylic acids is 2. The maximum absolute atomic E-state index is 12.9. The molecule has 3 aromatic rings. The molecule has 0 bridgehead atoms. The fourth-order valence-electron chi connectivity index (χ4n) is 3.28. The Kier molecular flexibility index (Phi) is 6.45. The Morgan fingerprint density at radius 1 is 1.20 bits per heavy atom. The minimum absolute atomic E-state index is 0.0639. The van der Waals surface area contributed by atoms with Crippen molar-refractivity contribution in [2.45, 2.75) is 58.6 Å². The van der Waals surface area contributed by atoms with Gasteiger partial charge >= 0.3 is 0 Å². The number of nitrogens with one attached hydrogen (secondary N) is 1. The Labute approximate surface area is 179 Å². The van der Waals surface area contributed by atoms with Crippen LogP contribution in [0.15, 0.2) is 27.8 Å². The number of aromatic amines is 1. The van der Waals surface area contributed by atoms with Crippen LogP contribution in [0.1, 0.15) is 63.0 Å². The zero-order valence-electron chi connectivity index (χ0n) is 18.0. The van der Waals surface area contributed by atoms with Crippen molar-refractivity contribution in [2.75, 3.05) is 0 Å². The van der Waals surface area contributed by atoms with Gasteiger partial charge in [-0.1, -0.05) is 23.9 Å². The first-order chi connectivity index (χ1) is 14.2. The number of aryl methyl sites for hydroxylation is 3. The molecule has 7 nitrogen and oxygen atoms in total. The van der Waals surface area contributed by atoms with E-state index in [-0.39, 0.29) is 18.2 Å². The van der Waals surface area contributed by atoms with E-state index in [2.05, 4.69) is 15.2 Å². The molecule has 0 radical (unpaired) electrons. The number of ketones is 2. The van der Waals surface area contributed by atoms with Crippen LogP contribution in [0.2, 0.25) is 0 Å². The highest BCUT2D eigenvalue weighted by Crippen LogP contribution is 2.28. The summed E-state index contributed by atoms with van der Waals surface area (Å²) in [7, 11) is 0. The monoisotopic (exact) mass is 427 g/mol. The summed E-state index contributed by atoms with van der Waals surface area (Å²) in [4.78, 5) is 27.7. The maximum Gasteiger partial charge on any atom is 0.277 e. The van der Waals surface area contributed by atoms with E-state index in [1.165, 1.54) is 18.7 Å². The van der Waals surface area contributed by atoms with E-state index in [0.29, 0.717) is 33.6 Å². The lowest BCUT2D eigenvalue weighted by molar-refractivity contribution is 0.0988. The number of benzene rings is 1. The van der Waals surface area contributed by atoms with Gasteiger partial charge in [0.15, 0.2) is 18.2 Å². The first kappa shape index (κ1) is 21.8. The smallest absolute Gasteiger partial charge is 0.277 e. The molecule has 1 atom stereocenters. The number of Topliss-reactive ketones (excluding diaryl/α,β-unsaturated/α-hetero) is 2. The van der Waals surface area contributed by atoms with E-state index in [1.54, 1.807) is 20.8 Å². The SMILES string of the molecule is CC(=O)c1c(C)[nH]c(C(=O)C(C)Sc2nnc(COc3cc(C)ccc3C)o2)c1C. The summed E-state index contributed by atoms with van der Waals surface area (Å²) in [5, 5.41) is 7.84. The Morgan fingerprint density at radius 2 is 1.93 bits per heavy atom. The molecule has 1 N–H and O–H groups in total. The molecule has 0 aliphatic carbocycles. The predicted molar refractivity (Wildman–Crippen MR) is 114 cm³/mol. The first-order valence-electron chi connectivity index (χ1n) is 9.60. The average Bonchev–Trinajstić information content (AvgIpc) is 3.25. The van der Waals surface area contributed by atoms with Crippen LogP contribution in [0.3, 0.4) is 0 Å². The zero-order valence-corrected chi connectivity index (χ0v) is 18.8. The Morgan fingerprint density at radius 3 is 2.60 bits per heavy atom. The van der Waals surface area contributed by atoms with Gasteiger partial charge in [-0.3, -0.25) is 9.59 Å². The van der Waals surface area contributed by atoms with Gasteiger partial charge in [0.25, 0.3) is 11.1 Å². The number of aromatic nitrogens is 3. The number of hydrogen-bond acceptors (Lipinski definition) is 7. The summed E-state index contributed by atoms with van der Waals surface area (Å²) in [6.07, 6.45) is 0. The van der Waals surface area contributed by atoms with E-state index in [0.717, 1.165) is 16.9 Å². The molecule has 158 valence electrons. The third kappa shape index (κ3) is 4.64. The molecule has 2 heterocycles. The number of thioether (sulfide) groups is 1. The topological polar surface area (TPSA) is 98.1 Å². The lowest BCUT2D eigenvalue weighted by Crippen LogP contribution is -2.15. The highest BCUT2D eigenvalue weighted by molar-refractivity contribution is 8.00. The van der Waals surface area contributed by atoms with Crippen molar-refractivity contribution >= 4 is 23.3 Å². The second kappa shape index (κ2) is 8.87. The molecule has 1 unspecified atom stereocenters. The molecule has 8 heteroatoms. The van der Waals surface area contributed by atoms with Crippen LogP contribution in [-0.2, 0) is 6.61 Å². The average molecular weight is 428 g/mol. The van der Waals surface area contributed by atoms with Crippen LogP contribution in [0, 0.1) is 27.7 Å². The molecule has 2 aromatic heterocycles. The molecule has 0 saturated heterocycles. The Hall–Kier alpha value is -2.87. The predicted octanol–water partition coefficient (Wildman–Crippen LogP) is 4.78. The molecule has 0 aliphatic heterocycles. The fraction of sp³-hybridized carbons (Fsp3) is 0.364. The van der Waals surface area contributed by atoms with Crippen LogP contribution in [0.25, 0.3) is 0 Å². The molecule has 0 fully saturated rings. The van der Waals surface area contributed by atoms with Crippen molar-refractivity contribution < 1.29 is 18.7 Å². The van der Waals surface area contributed by atoms with E-state index in [1.807, 2.05) is 32.0 Å². The second-order valence-corrected chi connectivity index (χ2v) is 8.62. The van der Waals surface area contributed by atoms with Crippen molar-refractivity contribution in [1.82, 2.24) is 15.2 Å². The fourth-order valence-corrected chi connectivity index (χ4v) is 4.04. The van der Waals surface area contributed by atoms with Crippen LogP contribution in [-0.4, -0.2) is 32.0 Å². The van der Waals surface area contributed by atoms with E-state index < -0.39 is 5.25 Å². The Balaban J connectivity index is 1.65. The molecule has 1 aromatic carbocycles. The van der Waals surface area contributed by atoms with Gasteiger partial charge in [-0.25, -0.2) is 0 Å². The normalized spacial score (nSPS) is 12.1. The summed E-state index contributed by atoms with van der Waals surface area (Å²) >= 11 is 1.18. The molecule has 3 rings (SSSR count). The Bertz CT molecular complexity index is 1100. The summed E-state index contributed by atoms with van der Waals surface area (Å²) < 4.78 is 11.4. The molecular weight excluding hydrogens is 402 g/mol. The lowest BCUT2D eigenvalue weighted by atomic mass is 10.0. The van der Waals surface area contributed by atoms with E-state index >= 15 is 0 Å². The molecule has 0 amide bonds. The number of rotatable bonds is 8. The van der Waals surface area contributed by atoms with Crippen molar-refractivity contribution in [1.29, 1.82) is 0 Å². The number of H-pyrrole nitrogens is 1. The largest absolute Gasteiger partial charge is 0.484 e. The molecular formula is C22H25N3O4S. The second-order valence-electron chi connectivity index (χ2n) is 7.32. The van der Waals surface area contributed by atoms with Gasteiger partial charge in [0.2, 0.25) is 0 Å². The van der Waals surface area contributed by atoms with Gasteiger partial charge in [0.1, 0.15) is 5.75 Å². The van der Waals surface area contributed by atoms with Crippen molar-refractivity contribution in [2.24, 2.45) is 0 Å². The van der Waals surface area contributed by atoms with Gasteiger partial charge in [0.05, 0.1) is 10.9 Å². The first-order valence-corrected chi connectivity index (χ1v) is 10.5. The van der Waals surface area contributed by atoms with Crippen molar-refractivity contribution in [3.63, 3.8) is 0 Å². The number of carbonyl (C=O) groups is 2. The third-order valence-electron chi connectivity index (χ3n) is 4.83. The summed E-state index contributed by atoms with van der Waals surface area (Å²) in [5.74, 6) is 0.916. The summed E-state index contributed by atoms with van der Waals surface area (Å²) in [6.45, 7) is 11.0. The minimum Gasteiger partial charge on any atom is -0.484 e.